The zero-order chi connectivity index (χ0) is 15.9. The number of hydrogen-bond acceptors (Lipinski definition) is 4. The summed E-state index contributed by atoms with van der Waals surface area (Å²) in [6, 6.07) is 1.54. The minimum atomic E-state index is -0.519. The van der Waals surface area contributed by atoms with Crippen LogP contribution in [0.4, 0.5) is 5.69 Å². The number of benzene rings is 1. The van der Waals surface area contributed by atoms with E-state index in [0.29, 0.717) is 19.4 Å². The van der Waals surface area contributed by atoms with Gasteiger partial charge in [-0.3, -0.25) is 9.59 Å². The molecule has 6 nitrogen and oxygen atoms in total. The maximum Gasteiger partial charge on any atom is 0.236 e. The summed E-state index contributed by atoms with van der Waals surface area (Å²) in [7, 11) is 0. The monoisotopic (exact) mass is 339 g/mol. The molecule has 4 N–H and O–H groups in total. The van der Waals surface area contributed by atoms with E-state index in [1.165, 1.54) is 0 Å². The van der Waals surface area contributed by atoms with Crippen LogP contribution in [0.3, 0.4) is 0 Å². The Balaban J connectivity index is 0.00000192. The van der Waals surface area contributed by atoms with Crippen molar-refractivity contribution in [2.24, 2.45) is 5.73 Å². The number of nitrogens with two attached hydrogens (primary N) is 1. The normalized spacial score (nSPS) is 19.6. The molecule has 7 heteroatoms. The lowest BCUT2D eigenvalue weighted by atomic mass is 9.94. The van der Waals surface area contributed by atoms with Gasteiger partial charge in [-0.05, 0) is 31.4 Å². The van der Waals surface area contributed by atoms with E-state index in [9.17, 15) is 9.59 Å². The van der Waals surface area contributed by atoms with E-state index in [4.69, 9.17) is 10.5 Å². The van der Waals surface area contributed by atoms with E-state index in [1.54, 1.807) is 6.92 Å². The van der Waals surface area contributed by atoms with Gasteiger partial charge in [0.05, 0.1) is 18.3 Å². The second-order valence-corrected chi connectivity index (χ2v) is 6.06. The lowest BCUT2D eigenvalue weighted by Gasteiger charge is -2.22. The molecule has 126 valence electrons. The fourth-order valence-electron chi connectivity index (χ4n) is 3.04. The Bertz CT molecular complexity index is 646. The summed E-state index contributed by atoms with van der Waals surface area (Å²) >= 11 is 0. The molecule has 0 aromatic heterocycles. The quantitative estimate of drug-likeness (QED) is 0.768. The highest BCUT2D eigenvalue weighted by Gasteiger charge is 2.30. The molecule has 2 heterocycles. The first-order valence-electron chi connectivity index (χ1n) is 7.61. The van der Waals surface area contributed by atoms with Gasteiger partial charge in [-0.25, -0.2) is 0 Å². The molecule has 23 heavy (non-hydrogen) atoms. The first-order valence-corrected chi connectivity index (χ1v) is 7.61. The summed E-state index contributed by atoms with van der Waals surface area (Å²) in [5.41, 5.74) is 9.71. The number of halogens is 1. The Labute approximate surface area is 141 Å². The van der Waals surface area contributed by atoms with Crippen molar-refractivity contribution in [3.63, 3.8) is 0 Å². The average molecular weight is 340 g/mol. The lowest BCUT2D eigenvalue weighted by Crippen LogP contribution is -2.42. The highest BCUT2D eigenvalue weighted by Crippen LogP contribution is 2.41. The molecule has 1 aromatic rings. The third-order valence-corrected chi connectivity index (χ3v) is 4.17. The van der Waals surface area contributed by atoms with Gasteiger partial charge in [0, 0.05) is 18.4 Å². The molecular weight excluding hydrogens is 318 g/mol. The number of carbonyl (C=O) groups is 2. The molecule has 0 spiro atoms. The van der Waals surface area contributed by atoms with E-state index in [2.05, 4.69) is 16.7 Å². The van der Waals surface area contributed by atoms with Crippen molar-refractivity contribution in [3.05, 3.63) is 22.8 Å². The fraction of sp³-hybridized carbons (Fsp3) is 0.500. The van der Waals surface area contributed by atoms with Crippen molar-refractivity contribution in [2.75, 3.05) is 11.9 Å². The number of ether oxygens (including phenoxy) is 1. The SMILES string of the molecule is Cc1cc2c(c3c1NC(=O)CC3)OC(CNC(=O)[C@@H](C)N)C2.Cl. The Morgan fingerprint density at radius 2 is 2.26 bits per heavy atom. The van der Waals surface area contributed by atoms with Crippen LogP contribution >= 0.6 is 12.4 Å². The van der Waals surface area contributed by atoms with Crippen molar-refractivity contribution in [2.45, 2.75) is 45.3 Å². The van der Waals surface area contributed by atoms with E-state index >= 15 is 0 Å². The molecule has 2 aliphatic rings. The summed E-state index contributed by atoms with van der Waals surface area (Å²) in [6.07, 6.45) is 1.86. The van der Waals surface area contributed by atoms with Crippen molar-refractivity contribution >= 4 is 29.9 Å². The largest absolute Gasteiger partial charge is 0.488 e. The Morgan fingerprint density at radius 3 is 2.96 bits per heavy atom. The predicted molar refractivity (Wildman–Crippen MR) is 90.2 cm³/mol. The average Bonchev–Trinajstić information content (AvgIpc) is 2.87. The maximum absolute atomic E-state index is 11.6. The highest BCUT2D eigenvalue weighted by atomic mass is 35.5. The summed E-state index contributed by atoms with van der Waals surface area (Å²) < 4.78 is 6.02. The Kier molecular flexibility index (Phi) is 5.16. The third kappa shape index (κ3) is 3.43. The van der Waals surface area contributed by atoms with Crippen LogP contribution in [0.2, 0.25) is 0 Å². The van der Waals surface area contributed by atoms with Gasteiger partial charge in [-0.1, -0.05) is 6.07 Å². The summed E-state index contributed by atoms with van der Waals surface area (Å²) in [5, 5.41) is 5.73. The van der Waals surface area contributed by atoms with Gasteiger partial charge in [0.1, 0.15) is 11.9 Å². The first kappa shape index (κ1) is 17.6. The number of aryl methyl sites for hydroxylation is 1. The molecule has 3 rings (SSSR count). The molecule has 0 radical (unpaired) electrons. The highest BCUT2D eigenvalue weighted by molar-refractivity contribution is 5.95. The van der Waals surface area contributed by atoms with Crippen LogP contribution < -0.4 is 21.1 Å². The number of rotatable bonds is 3. The van der Waals surface area contributed by atoms with E-state index in [-0.39, 0.29) is 30.3 Å². The lowest BCUT2D eigenvalue weighted by molar-refractivity contribution is -0.122. The standard InChI is InChI=1S/C16H21N3O3.ClH/c1-8-5-10-6-11(7-18-16(21)9(2)17)22-15(10)12-3-4-13(20)19-14(8)12;/h5,9,11H,3-4,6-7,17H2,1-2H3,(H,18,21)(H,19,20);1H/t9-,11?;/m1./s1. The van der Waals surface area contributed by atoms with E-state index in [1.807, 2.05) is 6.92 Å². The topological polar surface area (TPSA) is 93.5 Å². The van der Waals surface area contributed by atoms with Crippen molar-refractivity contribution in [3.8, 4) is 5.75 Å². The van der Waals surface area contributed by atoms with Crippen LogP contribution in [-0.4, -0.2) is 30.5 Å². The zero-order valence-corrected chi connectivity index (χ0v) is 14.1. The molecule has 0 bridgehead atoms. The third-order valence-electron chi connectivity index (χ3n) is 4.17. The van der Waals surface area contributed by atoms with E-state index < -0.39 is 6.04 Å². The molecule has 0 saturated heterocycles. The smallest absolute Gasteiger partial charge is 0.236 e. The number of fused-ring (bicyclic) bond motifs is 3. The Morgan fingerprint density at radius 1 is 1.52 bits per heavy atom. The predicted octanol–water partition coefficient (Wildman–Crippen LogP) is 1.07. The molecule has 2 amide bonds. The van der Waals surface area contributed by atoms with Gasteiger partial charge in [-0.2, -0.15) is 0 Å². The van der Waals surface area contributed by atoms with Crippen LogP contribution in [0.5, 0.6) is 5.75 Å². The first-order chi connectivity index (χ1) is 10.5. The van der Waals surface area contributed by atoms with Crippen LogP contribution in [-0.2, 0) is 22.4 Å². The van der Waals surface area contributed by atoms with Crippen molar-refractivity contribution in [1.82, 2.24) is 5.32 Å². The van der Waals surface area contributed by atoms with Crippen molar-refractivity contribution in [1.29, 1.82) is 0 Å². The summed E-state index contributed by atoms with van der Waals surface area (Å²) in [4.78, 5) is 23.1. The second-order valence-electron chi connectivity index (χ2n) is 6.06. The van der Waals surface area contributed by atoms with Gasteiger partial charge in [0.25, 0.3) is 0 Å². The second kappa shape index (κ2) is 6.76. The van der Waals surface area contributed by atoms with Gasteiger partial charge >= 0.3 is 0 Å². The molecular formula is C16H22ClN3O3. The minimum Gasteiger partial charge on any atom is -0.488 e. The van der Waals surface area contributed by atoms with Gasteiger partial charge in [0.15, 0.2) is 0 Å². The van der Waals surface area contributed by atoms with Crippen LogP contribution in [0.15, 0.2) is 6.07 Å². The zero-order valence-electron chi connectivity index (χ0n) is 13.3. The molecule has 0 fully saturated rings. The molecule has 2 atom stereocenters. The number of hydrogen-bond donors (Lipinski definition) is 3. The number of anilines is 1. The van der Waals surface area contributed by atoms with Crippen LogP contribution in [0.25, 0.3) is 0 Å². The van der Waals surface area contributed by atoms with E-state index in [0.717, 1.165) is 34.5 Å². The van der Waals surface area contributed by atoms with Crippen molar-refractivity contribution < 1.29 is 14.3 Å². The number of amides is 2. The fourth-order valence-corrected chi connectivity index (χ4v) is 3.04. The molecule has 1 unspecified atom stereocenters. The number of nitrogens with one attached hydrogen (secondary N) is 2. The number of carbonyl (C=O) groups excluding carboxylic acids is 2. The van der Waals surface area contributed by atoms with Crippen LogP contribution in [0.1, 0.15) is 30.0 Å². The van der Waals surface area contributed by atoms with Gasteiger partial charge in [-0.15, -0.1) is 12.4 Å². The summed E-state index contributed by atoms with van der Waals surface area (Å²) in [5.74, 6) is 0.750. The summed E-state index contributed by atoms with van der Waals surface area (Å²) in [6.45, 7) is 4.09. The molecule has 0 aliphatic carbocycles. The molecule has 1 aromatic carbocycles. The van der Waals surface area contributed by atoms with Crippen LogP contribution in [0, 0.1) is 6.92 Å². The minimum absolute atomic E-state index is 0. The maximum atomic E-state index is 11.6. The Hall–Kier alpha value is -1.79. The molecule has 0 saturated carbocycles. The van der Waals surface area contributed by atoms with Gasteiger partial charge in [0.2, 0.25) is 11.8 Å². The molecule has 2 aliphatic heterocycles. The van der Waals surface area contributed by atoms with Gasteiger partial charge < -0.3 is 21.1 Å².